The standard InChI is InChI=1S/C11H23NO3/c1-10(2)15-9-4-3-7-12-11(14)6-5-8-13/h10,13H,3-9H2,1-2H3,(H,12,14). The van der Waals surface area contributed by atoms with E-state index in [2.05, 4.69) is 5.32 Å². The molecular formula is C11H23NO3. The van der Waals surface area contributed by atoms with Gasteiger partial charge in [0.1, 0.15) is 0 Å². The van der Waals surface area contributed by atoms with E-state index in [9.17, 15) is 4.79 Å². The summed E-state index contributed by atoms with van der Waals surface area (Å²) in [6.07, 6.45) is 3.15. The molecule has 0 fully saturated rings. The Bertz CT molecular complexity index is 160. The Morgan fingerprint density at radius 2 is 2.07 bits per heavy atom. The van der Waals surface area contributed by atoms with Crippen molar-refractivity contribution in [1.29, 1.82) is 0 Å². The second kappa shape index (κ2) is 9.93. The number of amides is 1. The van der Waals surface area contributed by atoms with Gasteiger partial charge in [0.05, 0.1) is 6.10 Å². The van der Waals surface area contributed by atoms with Gasteiger partial charge < -0.3 is 15.2 Å². The van der Waals surface area contributed by atoms with E-state index >= 15 is 0 Å². The number of nitrogens with one attached hydrogen (secondary N) is 1. The minimum absolute atomic E-state index is 0.0221. The molecule has 4 heteroatoms. The Labute approximate surface area is 92.0 Å². The summed E-state index contributed by atoms with van der Waals surface area (Å²) in [5.74, 6) is 0.0221. The highest BCUT2D eigenvalue weighted by atomic mass is 16.5. The van der Waals surface area contributed by atoms with Crippen molar-refractivity contribution in [2.75, 3.05) is 19.8 Å². The third-order valence-corrected chi connectivity index (χ3v) is 1.91. The fourth-order valence-electron chi connectivity index (χ4n) is 1.10. The van der Waals surface area contributed by atoms with Gasteiger partial charge in [-0.3, -0.25) is 4.79 Å². The van der Waals surface area contributed by atoms with Crippen LogP contribution < -0.4 is 5.32 Å². The molecule has 1 amide bonds. The van der Waals surface area contributed by atoms with Crippen LogP contribution in [-0.4, -0.2) is 36.9 Å². The minimum Gasteiger partial charge on any atom is -0.396 e. The zero-order valence-corrected chi connectivity index (χ0v) is 9.79. The minimum atomic E-state index is 0.0221. The predicted octanol–water partition coefficient (Wildman–Crippen LogP) is 1.08. The van der Waals surface area contributed by atoms with Gasteiger partial charge in [0.2, 0.25) is 5.91 Å². The second-order valence-corrected chi connectivity index (χ2v) is 3.80. The van der Waals surface area contributed by atoms with E-state index < -0.39 is 0 Å². The van der Waals surface area contributed by atoms with Gasteiger partial charge in [0, 0.05) is 26.2 Å². The Morgan fingerprint density at radius 3 is 2.67 bits per heavy atom. The van der Waals surface area contributed by atoms with Crippen LogP contribution in [0.25, 0.3) is 0 Å². The highest BCUT2D eigenvalue weighted by Crippen LogP contribution is 1.94. The summed E-state index contributed by atoms with van der Waals surface area (Å²) in [7, 11) is 0. The molecule has 0 spiro atoms. The molecule has 0 atom stereocenters. The van der Waals surface area contributed by atoms with Crippen molar-refractivity contribution in [2.45, 2.75) is 45.6 Å². The van der Waals surface area contributed by atoms with Crippen molar-refractivity contribution in [1.82, 2.24) is 5.32 Å². The van der Waals surface area contributed by atoms with Crippen molar-refractivity contribution >= 4 is 5.91 Å². The van der Waals surface area contributed by atoms with Gasteiger partial charge in [-0.05, 0) is 33.1 Å². The highest BCUT2D eigenvalue weighted by molar-refractivity contribution is 5.75. The monoisotopic (exact) mass is 217 g/mol. The van der Waals surface area contributed by atoms with Crippen molar-refractivity contribution < 1.29 is 14.6 Å². The Kier molecular flexibility index (Phi) is 9.52. The van der Waals surface area contributed by atoms with E-state index in [4.69, 9.17) is 9.84 Å². The maximum Gasteiger partial charge on any atom is 0.220 e. The van der Waals surface area contributed by atoms with Crippen LogP contribution in [0.15, 0.2) is 0 Å². The second-order valence-electron chi connectivity index (χ2n) is 3.80. The molecule has 0 rings (SSSR count). The molecule has 0 aromatic rings. The number of ether oxygens (including phenoxy) is 1. The molecule has 0 aliphatic rings. The third-order valence-electron chi connectivity index (χ3n) is 1.91. The number of rotatable bonds is 9. The van der Waals surface area contributed by atoms with E-state index in [1.165, 1.54) is 0 Å². The summed E-state index contributed by atoms with van der Waals surface area (Å²) in [4.78, 5) is 11.1. The lowest BCUT2D eigenvalue weighted by molar-refractivity contribution is -0.121. The average molecular weight is 217 g/mol. The van der Waals surface area contributed by atoms with Crippen LogP contribution in [0.2, 0.25) is 0 Å². The van der Waals surface area contributed by atoms with Crippen molar-refractivity contribution in [3.8, 4) is 0 Å². The van der Waals surface area contributed by atoms with Crippen LogP contribution in [0.3, 0.4) is 0 Å². The normalized spacial score (nSPS) is 10.7. The molecule has 0 saturated carbocycles. The maximum absolute atomic E-state index is 11.1. The summed E-state index contributed by atoms with van der Waals surface area (Å²) >= 11 is 0. The zero-order chi connectivity index (χ0) is 11.5. The summed E-state index contributed by atoms with van der Waals surface area (Å²) in [5.41, 5.74) is 0. The van der Waals surface area contributed by atoms with Gasteiger partial charge in [-0.1, -0.05) is 0 Å². The predicted molar refractivity (Wildman–Crippen MR) is 59.7 cm³/mol. The van der Waals surface area contributed by atoms with E-state index in [1.807, 2.05) is 13.8 Å². The molecule has 90 valence electrons. The van der Waals surface area contributed by atoms with E-state index in [1.54, 1.807) is 0 Å². The van der Waals surface area contributed by atoms with Crippen LogP contribution in [-0.2, 0) is 9.53 Å². The van der Waals surface area contributed by atoms with Crippen LogP contribution in [0.1, 0.15) is 39.5 Å². The van der Waals surface area contributed by atoms with Crippen LogP contribution in [0.4, 0.5) is 0 Å². The van der Waals surface area contributed by atoms with Crippen molar-refractivity contribution in [3.05, 3.63) is 0 Å². The van der Waals surface area contributed by atoms with E-state index in [0.29, 0.717) is 19.4 Å². The van der Waals surface area contributed by atoms with Gasteiger partial charge in [0.15, 0.2) is 0 Å². The number of aliphatic hydroxyl groups excluding tert-OH is 1. The first kappa shape index (κ1) is 14.4. The SMILES string of the molecule is CC(C)OCCCCNC(=O)CCCO. The zero-order valence-electron chi connectivity index (χ0n) is 9.79. The lowest BCUT2D eigenvalue weighted by Crippen LogP contribution is -2.24. The molecule has 0 bridgehead atoms. The number of carbonyl (C=O) groups is 1. The number of carbonyl (C=O) groups excluding carboxylic acids is 1. The first-order chi connectivity index (χ1) is 7.16. The molecule has 0 aliphatic carbocycles. The van der Waals surface area contributed by atoms with Gasteiger partial charge in [-0.15, -0.1) is 0 Å². The molecule has 0 radical (unpaired) electrons. The van der Waals surface area contributed by atoms with Gasteiger partial charge >= 0.3 is 0 Å². The van der Waals surface area contributed by atoms with E-state index in [0.717, 1.165) is 19.4 Å². The fourth-order valence-corrected chi connectivity index (χ4v) is 1.10. The molecule has 0 unspecified atom stereocenters. The summed E-state index contributed by atoms with van der Waals surface area (Å²) in [6, 6.07) is 0. The molecule has 4 nitrogen and oxygen atoms in total. The smallest absolute Gasteiger partial charge is 0.220 e. The largest absolute Gasteiger partial charge is 0.396 e. The van der Waals surface area contributed by atoms with Crippen molar-refractivity contribution in [2.24, 2.45) is 0 Å². The van der Waals surface area contributed by atoms with E-state index in [-0.39, 0.29) is 18.6 Å². The summed E-state index contributed by atoms with van der Waals surface area (Å²) < 4.78 is 5.37. The fraction of sp³-hybridized carbons (Fsp3) is 0.909. The topological polar surface area (TPSA) is 58.6 Å². The van der Waals surface area contributed by atoms with Gasteiger partial charge in [-0.25, -0.2) is 0 Å². The third kappa shape index (κ3) is 11.3. The highest BCUT2D eigenvalue weighted by Gasteiger charge is 1.99. The first-order valence-electron chi connectivity index (χ1n) is 5.66. The molecule has 2 N–H and O–H groups in total. The number of hydrogen-bond donors (Lipinski definition) is 2. The number of unbranched alkanes of at least 4 members (excludes halogenated alkanes) is 1. The lowest BCUT2D eigenvalue weighted by atomic mass is 10.3. The molecule has 0 aliphatic heterocycles. The Balaban J connectivity index is 3.13. The Morgan fingerprint density at radius 1 is 1.33 bits per heavy atom. The molecule has 0 saturated heterocycles. The van der Waals surface area contributed by atoms with Gasteiger partial charge in [-0.2, -0.15) is 0 Å². The maximum atomic E-state index is 11.1. The van der Waals surface area contributed by atoms with Crippen LogP contribution in [0.5, 0.6) is 0 Å². The summed E-state index contributed by atoms with van der Waals surface area (Å²) in [5, 5.41) is 11.3. The lowest BCUT2D eigenvalue weighted by Gasteiger charge is -2.07. The quantitative estimate of drug-likeness (QED) is 0.568. The molecule has 0 aromatic carbocycles. The average Bonchev–Trinajstić information content (AvgIpc) is 2.19. The number of aliphatic hydroxyl groups is 1. The summed E-state index contributed by atoms with van der Waals surface area (Å²) in [6.45, 7) is 5.55. The molecule has 15 heavy (non-hydrogen) atoms. The van der Waals surface area contributed by atoms with Gasteiger partial charge in [0.25, 0.3) is 0 Å². The molecule has 0 heterocycles. The Hall–Kier alpha value is -0.610. The molecule has 0 aromatic heterocycles. The number of hydrogen-bond acceptors (Lipinski definition) is 3. The van der Waals surface area contributed by atoms with Crippen molar-refractivity contribution in [3.63, 3.8) is 0 Å². The van der Waals surface area contributed by atoms with Crippen LogP contribution in [0, 0.1) is 0 Å². The van der Waals surface area contributed by atoms with Crippen LogP contribution >= 0.6 is 0 Å². The molecular weight excluding hydrogens is 194 g/mol. The first-order valence-corrected chi connectivity index (χ1v) is 5.66.